The van der Waals surface area contributed by atoms with E-state index in [2.05, 4.69) is 0 Å². The van der Waals surface area contributed by atoms with E-state index in [9.17, 15) is 9.90 Å². The average Bonchev–Trinajstić information content (AvgIpc) is 2.29. The van der Waals surface area contributed by atoms with Crippen molar-refractivity contribution in [3.05, 3.63) is 29.3 Å². The first-order valence-corrected chi connectivity index (χ1v) is 5.35. The Kier molecular flexibility index (Phi) is 3.10. The van der Waals surface area contributed by atoms with Crippen molar-refractivity contribution in [3.63, 3.8) is 0 Å². The lowest BCUT2D eigenvalue weighted by Crippen LogP contribution is -2.40. The normalized spacial score (nSPS) is 16.2. The molecule has 1 aliphatic heterocycles. The van der Waals surface area contributed by atoms with Gasteiger partial charge in [0.05, 0.1) is 18.8 Å². The van der Waals surface area contributed by atoms with Crippen molar-refractivity contribution in [1.29, 1.82) is 0 Å². The van der Waals surface area contributed by atoms with Crippen LogP contribution in [0.15, 0.2) is 18.2 Å². The van der Waals surface area contributed by atoms with Crippen LogP contribution in [0.4, 0.5) is 0 Å². The lowest BCUT2D eigenvalue weighted by atomic mass is 10.1. The highest BCUT2D eigenvalue weighted by molar-refractivity contribution is 5.96. The molecule has 1 amide bonds. The summed E-state index contributed by atoms with van der Waals surface area (Å²) in [5.41, 5.74) is 1.31. The van der Waals surface area contributed by atoms with Crippen LogP contribution in [-0.2, 0) is 4.74 Å². The minimum atomic E-state index is -0.124. The van der Waals surface area contributed by atoms with E-state index in [-0.39, 0.29) is 11.7 Å². The Morgan fingerprint density at radius 3 is 2.69 bits per heavy atom. The van der Waals surface area contributed by atoms with Gasteiger partial charge < -0.3 is 14.7 Å². The van der Waals surface area contributed by atoms with Crippen molar-refractivity contribution in [2.75, 3.05) is 26.3 Å². The van der Waals surface area contributed by atoms with Gasteiger partial charge in [-0.1, -0.05) is 6.07 Å². The van der Waals surface area contributed by atoms with Crippen LogP contribution in [0, 0.1) is 6.92 Å². The highest BCUT2D eigenvalue weighted by atomic mass is 16.5. The maximum atomic E-state index is 12.0. The molecule has 1 heterocycles. The maximum absolute atomic E-state index is 12.0. The van der Waals surface area contributed by atoms with E-state index in [0.717, 1.165) is 5.56 Å². The molecule has 2 rings (SSSR count). The van der Waals surface area contributed by atoms with Gasteiger partial charge >= 0.3 is 0 Å². The molecule has 16 heavy (non-hydrogen) atoms. The summed E-state index contributed by atoms with van der Waals surface area (Å²) >= 11 is 0. The summed E-state index contributed by atoms with van der Waals surface area (Å²) in [6.07, 6.45) is 0. The van der Waals surface area contributed by atoms with Crippen LogP contribution in [0.2, 0.25) is 0 Å². The molecule has 0 radical (unpaired) electrons. The minimum absolute atomic E-state index is 0.0523. The second-order valence-electron chi connectivity index (χ2n) is 3.93. The summed E-state index contributed by atoms with van der Waals surface area (Å²) in [4.78, 5) is 13.7. The molecule has 0 spiro atoms. The SMILES string of the molecule is Cc1ccc(C(=O)N2CCOCC2)c(O)c1. The quantitative estimate of drug-likeness (QED) is 0.774. The zero-order valence-electron chi connectivity index (χ0n) is 9.27. The summed E-state index contributed by atoms with van der Waals surface area (Å²) in [7, 11) is 0. The predicted octanol–water partition coefficient (Wildman–Crippen LogP) is 1.17. The summed E-state index contributed by atoms with van der Waals surface area (Å²) in [5, 5.41) is 9.71. The lowest BCUT2D eigenvalue weighted by Gasteiger charge is -2.27. The van der Waals surface area contributed by atoms with Crippen molar-refractivity contribution in [2.24, 2.45) is 0 Å². The van der Waals surface area contributed by atoms with Crippen LogP contribution in [0.1, 0.15) is 15.9 Å². The number of aromatic hydroxyl groups is 1. The van der Waals surface area contributed by atoms with Gasteiger partial charge in [-0.15, -0.1) is 0 Å². The van der Waals surface area contributed by atoms with E-state index >= 15 is 0 Å². The predicted molar refractivity (Wildman–Crippen MR) is 59.6 cm³/mol. The Balaban J connectivity index is 2.19. The van der Waals surface area contributed by atoms with Gasteiger partial charge in [0.15, 0.2) is 0 Å². The number of amides is 1. The molecule has 86 valence electrons. The minimum Gasteiger partial charge on any atom is -0.507 e. The molecule has 0 saturated carbocycles. The molecule has 1 saturated heterocycles. The molecule has 0 unspecified atom stereocenters. The standard InChI is InChI=1S/C12H15NO3/c1-9-2-3-10(11(14)8-9)12(15)13-4-6-16-7-5-13/h2-3,8,14H,4-7H2,1H3. The van der Waals surface area contributed by atoms with E-state index in [4.69, 9.17) is 4.74 Å². The first-order valence-electron chi connectivity index (χ1n) is 5.35. The third-order valence-corrected chi connectivity index (χ3v) is 2.68. The number of phenolic OH excluding ortho intramolecular Hbond substituents is 1. The topological polar surface area (TPSA) is 49.8 Å². The highest BCUT2D eigenvalue weighted by Crippen LogP contribution is 2.20. The van der Waals surface area contributed by atoms with Crippen LogP contribution >= 0.6 is 0 Å². The third kappa shape index (κ3) is 2.17. The van der Waals surface area contributed by atoms with Gasteiger partial charge in [-0.05, 0) is 24.6 Å². The second kappa shape index (κ2) is 4.53. The van der Waals surface area contributed by atoms with Gasteiger partial charge in [0.2, 0.25) is 0 Å². The van der Waals surface area contributed by atoms with Gasteiger partial charge in [0.1, 0.15) is 5.75 Å². The van der Waals surface area contributed by atoms with E-state index in [1.807, 2.05) is 13.0 Å². The van der Waals surface area contributed by atoms with Gasteiger partial charge in [-0.3, -0.25) is 4.79 Å². The molecule has 0 aliphatic carbocycles. The van der Waals surface area contributed by atoms with E-state index in [1.165, 1.54) is 0 Å². The Hall–Kier alpha value is -1.55. The van der Waals surface area contributed by atoms with E-state index in [1.54, 1.807) is 17.0 Å². The van der Waals surface area contributed by atoms with Crippen LogP contribution in [0.3, 0.4) is 0 Å². The Morgan fingerprint density at radius 2 is 2.06 bits per heavy atom. The Labute approximate surface area is 94.4 Å². The highest BCUT2D eigenvalue weighted by Gasteiger charge is 2.20. The molecule has 4 heteroatoms. The van der Waals surface area contributed by atoms with Gasteiger partial charge in [0, 0.05) is 13.1 Å². The summed E-state index contributed by atoms with van der Waals surface area (Å²) < 4.78 is 5.18. The molecular formula is C12H15NO3. The number of morpholine rings is 1. The van der Waals surface area contributed by atoms with Gasteiger partial charge in [-0.2, -0.15) is 0 Å². The Bertz CT molecular complexity index is 397. The van der Waals surface area contributed by atoms with Crippen LogP contribution in [0.5, 0.6) is 5.75 Å². The van der Waals surface area contributed by atoms with Gasteiger partial charge in [0.25, 0.3) is 5.91 Å². The average molecular weight is 221 g/mol. The molecule has 1 aromatic carbocycles. The van der Waals surface area contributed by atoms with E-state index < -0.39 is 0 Å². The number of ether oxygens (including phenoxy) is 1. The molecule has 0 bridgehead atoms. The molecule has 0 atom stereocenters. The number of nitrogens with zero attached hydrogens (tertiary/aromatic N) is 1. The molecule has 1 aromatic rings. The first-order chi connectivity index (χ1) is 7.68. The summed E-state index contributed by atoms with van der Waals surface area (Å²) in [5.74, 6) is -0.0720. The number of hydrogen-bond donors (Lipinski definition) is 1. The van der Waals surface area contributed by atoms with Crippen molar-refractivity contribution >= 4 is 5.91 Å². The molecule has 0 aromatic heterocycles. The maximum Gasteiger partial charge on any atom is 0.257 e. The van der Waals surface area contributed by atoms with Crippen molar-refractivity contribution in [2.45, 2.75) is 6.92 Å². The van der Waals surface area contributed by atoms with Crippen molar-refractivity contribution in [3.8, 4) is 5.75 Å². The second-order valence-corrected chi connectivity index (χ2v) is 3.93. The largest absolute Gasteiger partial charge is 0.507 e. The number of aryl methyl sites for hydroxylation is 1. The fourth-order valence-corrected chi connectivity index (χ4v) is 1.76. The summed E-state index contributed by atoms with van der Waals surface area (Å²) in [6, 6.07) is 5.10. The smallest absolute Gasteiger partial charge is 0.257 e. The molecule has 1 N–H and O–H groups in total. The fourth-order valence-electron chi connectivity index (χ4n) is 1.76. The lowest BCUT2D eigenvalue weighted by molar-refractivity contribution is 0.0301. The zero-order valence-corrected chi connectivity index (χ0v) is 9.27. The van der Waals surface area contributed by atoms with Crippen LogP contribution < -0.4 is 0 Å². The molecule has 1 aliphatic rings. The number of carbonyl (C=O) groups excluding carboxylic acids is 1. The number of phenols is 1. The number of rotatable bonds is 1. The monoisotopic (exact) mass is 221 g/mol. The molecular weight excluding hydrogens is 206 g/mol. The fraction of sp³-hybridized carbons (Fsp3) is 0.417. The number of hydrogen-bond acceptors (Lipinski definition) is 3. The van der Waals surface area contributed by atoms with Gasteiger partial charge in [-0.25, -0.2) is 0 Å². The van der Waals surface area contributed by atoms with Crippen LogP contribution in [-0.4, -0.2) is 42.2 Å². The van der Waals surface area contributed by atoms with Crippen molar-refractivity contribution in [1.82, 2.24) is 4.90 Å². The number of benzene rings is 1. The van der Waals surface area contributed by atoms with E-state index in [0.29, 0.717) is 31.9 Å². The number of carbonyl (C=O) groups is 1. The summed E-state index contributed by atoms with van der Waals surface area (Å²) in [6.45, 7) is 4.19. The first kappa shape index (κ1) is 11.0. The Morgan fingerprint density at radius 1 is 1.38 bits per heavy atom. The molecule has 4 nitrogen and oxygen atoms in total. The van der Waals surface area contributed by atoms with Crippen molar-refractivity contribution < 1.29 is 14.6 Å². The van der Waals surface area contributed by atoms with Crippen LogP contribution in [0.25, 0.3) is 0 Å². The zero-order chi connectivity index (χ0) is 11.5. The molecule has 1 fully saturated rings. The third-order valence-electron chi connectivity index (χ3n) is 2.68.